The fourth-order valence-electron chi connectivity index (χ4n) is 2.60. The number of nitrogens with zero attached hydrogens (tertiary/aromatic N) is 3. The van der Waals surface area contributed by atoms with Crippen molar-refractivity contribution in [2.45, 2.75) is 33.1 Å². The number of amides is 1. The summed E-state index contributed by atoms with van der Waals surface area (Å²) >= 11 is 0. The number of carbonyl (C=O) groups excluding carboxylic acids is 1. The summed E-state index contributed by atoms with van der Waals surface area (Å²) < 4.78 is 46.1. The van der Waals surface area contributed by atoms with Crippen LogP contribution < -0.4 is 5.32 Å². The number of rotatable bonds is 4. The first kappa shape index (κ1) is 17.0. The molecule has 0 saturated carbocycles. The minimum absolute atomic E-state index is 0.0398. The molecule has 0 aliphatic rings. The van der Waals surface area contributed by atoms with Crippen molar-refractivity contribution in [3.8, 4) is 0 Å². The van der Waals surface area contributed by atoms with Crippen molar-refractivity contribution in [1.82, 2.24) is 20.1 Å². The van der Waals surface area contributed by atoms with Crippen LogP contribution in [-0.2, 0) is 24.1 Å². The van der Waals surface area contributed by atoms with Gasteiger partial charge in [0.15, 0.2) is 5.65 Å². The molecule has 0 bridgehead atoms. The summed E-state index contributed by atoms with van der Waals surface area (Å²) in [5, 5.41) is 6.60. The fourth-order valence-corrected chi connectivity index (χ4v) is 2.60. The highest BCUT2D eigenvalue weighted by atomic mass is 19.4. The number of carbonyl (C=O) groups is 1. The van der Waals surface area contributed by atoms with Gasteiger partial charge in [0.2, 0.25) is 5.91 Å². The molecule has 3 heterocycles. The summed E-state index contributed by atoms with van der Waals surface area (Å²) in [6.07, 6.45) is -3.04. The lowest BCUT2D eigenvalue weighted by atomic mass is 10.1. The molecule has 0 aliphatic carbocycles. The van der Waals surface area contributed by atoms with Crippen molar-refractivity contribution < 1.29 is 22.4 Å². The highest BCUT2D eigenvalue weighted by molar-refractivity contribution is 5.85. The summed E-state index contributed by atoms with van der Waals surface area (Å²) in [6.45, 7) is 2.88. The number of hydrogen-bond acceptors (Lipinski definition) is 4. The van der Waals surface area contributed by atoms with Gasteiger partial charge in [0.25, 0.3) is 0 Å². The second kappa shape index (κ2) is 6.23. The molecule has 6 nitrogen and oxygen atoms in total. The normalized spacial score (nSPS) is 11.9. The number of aromatic nitrogens is 3. The number of furan rings is 1. The van der Waals surface area contributed by atoms with Gasteiger partial charge in [-0.1, -0.05) is 0 Å². The zero-order valence-corrected chi connectivity index (χ0v) is 13.5. The minimum Gasteiger partial charge on any atom is -0.467 e. The monoisotopic (exact) mass is 352 g/mol. The molecule has 3 aromatic rings. The number of fused-ring (bicyclic) bond motifs is 1. The Labute approximate surface area is 140 Å². The van der Waals surface area contributed by atoms with Crippen LogP contribution in [0.3, 0.4) is 0 Å². The van der Waals surface area contributed by atoms with E-state index in [1.165, 1.54) is 24.8 Å². The Balaban J connectivity index is 1.89. The molecule has 0 atom stereocenters. The van der Waals surface area contributed by atoms with Gasteiger partial charge in [-0.15, -0.1) is 0 Å². The first-order chi connectivity index (χ1) is 11.8. The van der Waals surface area contributed by atoms with Crippen LogP contribution in [0.15, 0.2) is 28.9 Å². The van der Waals surface area contributed by atoms with E-state index in [9.17, 15) is 18.0 Å². The van der Waals surface area contributed by atoms with Crippen LogP contribution in [0.2, 0.25) is 0 Å². The molecule has 0 aromatic carbocycles. The third kappa shape index (κ3) is 3.49. The highest BCUT2D eigenvalue weighted by Crippen LogP contribution is 2.36. The molecular formula is C16H15F3N4O2. The molecule has 132 valence electrons. The number of nitrogens with one attached hydrogen (secondary N) is 1. The molecule has 3 aromatic heterocycles. The molecule has 0 fully saturated rings. The SMILES string of the molecule is Cc1cc(C(F)(F)F)c2c(C)nn(CC(=O)NCc3ccco3)c2n1. The lowest BCUT2D eigenvalue weighted by Crippen LogP contribution is -2.27. The van der Waals surface area contributed by atoms with Gasteiger partial charge >= 0.3 is 6.18 Å². The Kier molecular flexibility index (Phi) is 4.23. The Bertz CT molecular complexity index is 914. The van der Waals surface area contributed by atoms with E-state index in [4.69, 9.17) is 4.42 Å². The summed E-state index contributed by atoms with van der Waals surface area (Å²) in [6, 6.07) is 4.38. The molecule has 1 amide bonds. The molecule has 0 unspecified atom stereocenters. The topological polar surface area (TPSA) is 73.0 Å². The maximum absolute atomic E-state index is 13.3. The van der Waals surface area contributed by atoms with E-state index < -0.39 is 17.6 Å². The summed E-state index contributed by atoms with van der Waals surface area (Å²) in [7, 11) is 0. The molecule has 0 saturated heterocycles. The van der Waals surface area contributed by atoms with Gasteiger partial charge in [-0.05, 0) is 32.0 Å². The standard InChI is InChI=1S/C16H15F3N4O2/c1-9-6-12(16(17,18)19)14-10(2)22-23(15(14)21-9)8-13(24)20-7-11-4-3-5-25-11/h3-6H,7-8H2,1-2H3,(H,20,24). The van der Waals surface area contributed by atoms with E-state index in [2.05, 4.69) is 15.4 Å². The molecular weight excluding hydrogens is 337 g/mol. The van der Waals surface area contributed by atoms with Gasteiger partial charge in [0, 0.05) is 5.69 Å². The maximum Gasteiger partial charge on any atom is 0.417 e. The van der Waals surface area contributed by atoms with E-state index in [-0.39, 0.29) is 35.5 Å². The van der Waals surface area contributed by atoms with E-state index in [1.807, 2.05) is 0 Å². The maximum atomic E-state index is 13.3. The quantitative estimate of drug-likeness (QED) is 0.783. The Morgan fingerprint density at radius 3 is 2.76 bits per heavy atom. The Morgan fingerprint density at radius 1 is 1.36 bits per heavy atom. The zero-order chi connectivity index (χ0) is 18.2. The van der Waals surface area contributed by atoms with Crippen LogP contribution in [0.1, 0.15) is 22.7 Å². The molecule has 0 aliphatic heterocycles. The number of aryl methyl sites for hydroxylation is 2. The van der Waals surface area contributed by atoms with Crippen LogP contribution in [0.25, 0.3) is 11.0 Å². The highest BCUT2D eigenvalue weighted by Gasteiger charge is 2.35. The summed E-state index contributed by atoms with van der Waals surface area (Å²) in [5.74, 6) is 0.167. The molecule has 3 rings (SSSR count). The van der Waals surface area contributed by atoms with E-state index in [0.717, 1.165) is 6.07 Å². The van der Waals surface area contributed by atoms with Gasteiger partial charge < -0.3 is 9.73 Å². The Hall–Kier alpha value is -2.84. The van der Waals surface area contributed by atoms with Crippen LogP contribution in [0.5, 0.6) is 0 Å². The average molecular weight is 352 g/mol. The molecule has 0 radical (unpaired) electrons. The van der Waals surface area contributed by atoms with Crippen molar-refractivity contribution in [2.24, 2.45) is 0 Å². The minimum atomic E-state index is -4.52. The number of pyridine rings is 1. The Morgan fingerprint density at radius 2 is 2.12 bits per heavy atom. The summed E-state index contributed by atoms with van der Waals surface area (Å²) in [5.41, 5.74) is -0.377. The molecule has 25 heavy (non-hydrogen) atoms. The predicted molar refractivity (Wildman–Crippen MR) is 82.6 cm³/mol. The van der Waals surface area contributed by atoms with Crippen molar-refractivity contribution in [3.63, 3.8) is 0 Å². The average Bonchev–Trinajstić information content (AvgIpc) is 3.13. The van der Waals surface area contributed by atoms with Crippen LogP contribution in [0, 0.1) is 13.8 Å². The lowest BCUT2D eigenvalue weighted by Gasteiger charge is -2.10. The number of hydrogen-bond donors (Lipinski definition) is 1. The van der Waals surface area contributed by atoms with Gasteiger partial charge in [-0.25, -0.2) is 9.67 Å². The van der Waals surface area contributed by atoms with Gasteiger partial charge in [-0.2, -0.15) is 18.3 Å². The van der Waals surface area contributed by atoms with Gasteiger partial charge in [0.05, 0.1) is 29.5 Å². The van der Waals surface area contributed by atoms with Crippen LogP contribution in [0.4, 0.5) is 13.2 Å². The van der Waals surface area contributed by atoms with Crippen molar-refractivity contribution >= 4 is 16.9 Å². The van der Waals surface area contributed by atoms with Crippen molar-refractivity contribution in [2.75, 3.05) is 0 Å². The third-order valence-corrected chi connectivity index (χ3v) is 3.64. The number of halogens is 3. The van der Waals surface area contributed by atoms with Crippen LogP contribution in [-0.4, -0.2) is 20.7 Å². The smallest absolute Gasteiger partial charge is 0.417 e. The second-order valence-electron chi connectivity index (χ2n) is 5.61. The molecule has 1 N–H and O–H groups in total. The zero-order valence-electron chi connectivity index (χ0n) is 13.5. The third-order valence-electron chi connectivity index (χ3n) is 3.64. The van der Waals surface area contributed by atoms with Crippen molar-refractivity contribution in [3.05, 3.63) is 47.2 Å². The number of alkyl halides is 3. The van der Waals surface area contributed by atoms with Gasteiger partial charge in [-0.3, -0.25) is 4.79 Å². The van der Waals surface area contributed by atoms with Crippen molar-refractivity contribution in [1.29, 1.82) is 0 Å². The molecule has 9 heteroatoms. The molecule has 0 spiro atoms. The fraction of sp³-hybridized carbons (Fsp3) is 0.312. The van der Waals surface area contributed by atoms with Gasteiger partial charge in [0.1, 0.15) is 12.3 Å². The second-order valence-corrected chi connectivity index (χ2v) is 5.61. The van der Waals surface area contributed by atoms with Crippen LogP contribution >= 0.6 is 0 Å². The van der Waals surface area contributed by atoms with E-state index in [0.29, 0.717) is 5.76 Å². The summed E-state index contributed by atoms with van der Waals surface area (Å²) in [4.78, 5) is 16.2. The largest absolute Gasteiger partial charge is 0.467 e. The lowest BCUT2D eigenvalue weighted by molar-refractivity contribution is -0.136. The first-order valence-electron chi connectivity index (χ1n) is 7.46. The predicted octanol–water partition coefficient (Wildman–Crippen LogP) is 2.98. The van der Waals surface area contributed by atoms with E-state index >= 15 is 0 Å². The van der Waals surface area contributed by atoms with E-state index in [1.54, 1.807) is 12.1 Å². The first-order valence-corrected chi connectivity index (χ1v) is 7.46.